The number of piperidine rings is 2. The topological polar surface area (TPSA) is 60.9 Å². The molecule has 5 heteroatoms. The highest BCUT2D eigenvalue weighted by Gasteiger charge is 2.40. The van der Waals surface area contributed by atoms with Crippen molar-refractivity contribution in [1.29, 1.82) is 0 Å². The van der Waals surface area contributed by atoms with Gasteiger partial charge in [0.15, 0.2) is 0 Å². The number of nitrogens with zero attached hydrogens (tertiary/aromatic N) is 2. The monoisotopic (exact) mass is 282 g/mol. The Labute approximate surface area is 120 Å². The van der Waals surface area contributed by atoms with Gasteiger partial charge in [0.25, 0.3) is 0 Å². The van der Waals surface area contributed by atoms with Crippen LogP contribution < -0.4 is 0 Å². The highest BCUT2D eigenvalue weighted by molar-refractivity contribution is 5.78. The Morgan fingerprint density at radius 3 is 2.15 bits per heavy atom. The third kappa shape index (κ3) is 3.32. The normalized spacial score (nSPS) is 23.6. The van der Waals surface area contributed by atoms with Gasteiger partial charge in [-0.2, -0.15) is 0 Å². The fraction of sp³-hybridized carbons (Fsp3) is 0.867. The average molecular weight is 282 g/mol. The third-order valence-electron chi connectivity index (χ3n) is 5.01. The quantitative estimate of drug-likeness (QED) is 0.850. The van der Waals surface area contributed by atoms with Crippen LogP contribution in [0.3, 0.4) is 0 Å². The summed E-state index contributed by atoms with van der Waals surface area (Å²) >= 11 is 0. The lowest BCUT2D eigenvalue weighted by molar-refractivity contribution is -0.152. The van der Waals surface area contributed by atoms with Gasteiger partial charge in [-0.25, -0.2) is 0 Å². The minimum atomic E-state index is -0.679. The summed E-state index contributed by atoms with van der Waals surface area (Å²) in [4.78, 5) is 27.7. The number of carbonyl (C=O) groups is 2. The van der Waals surface area contributed by atoms with Crippen LogP contribution in [0.4, 0.5) is 0 Å². The predicted octanol–water partition coefficient (Wildman–Crippen LogP) is 1.58. The number of carbonyl (C=O) groups excluding carboxylic acids is 1. The van der Waals surface area contributed by atoms with E-state index in [2.05, 4.69) is 4.90 Å². The SMILES string of the molecule is CCC1(C(=O)O)CCN(CC(=O)N2CCCCC2)CC1. The van der Waals surface area contributed by atoms with Crippen LogP contribution in [0.2, 0.25) is 0 Å². The van der Waals surface area contributed by atoms with Gasteiger partial charge in [-0.1, -0.05) is 6.92 Å². The number of aliphatic carboxylic acids is 1. The minimum Gasteiger partial charge on any atom is -0.481 e. The molecule has 0 aromatic rings. The Morgan fingerprint density at radius 1 is 1.05 bits per heavy atom. The number of hydrogen-bond acceptors (Lipinski definition) is 3. The van der Waals surface area contributed by atoms with Crippen LogP contribution in [0.1, 0.15) is 45.4 Å². The van der Waals surface area contributed by atoms with Crippen LogP contribution in [-0.2, 0) is 9.59 Å². The maximum absolute atomic E-state index is 12.2. The summed E-state index contributed by atoms with van der Waals surface area (Å²) in [5.41, 5.74) is -0.565. The van der Waals surface area contributed by atoms with Gasteiger partial charge in [0.05, 0.1) is 12.0 Å². The summed E-state index contributed by atoms with van der Waals surface area (Å²) in [6, 6.07) is 0. The highest BCUT2D eigenvalue weighted by atomic mass is 16.4. The van der Waals surface area contributed by atoms with Crippen LogP contribution in [0.15, 0.2) is 0 Å². The second kappa shape index (κ2) is 6.57. The molecule has 0 aliphatic carbocycles. The van der Waals surface area contributed by atoms with E-state index in [1.807, 2.05) is 11.8 Å². The number of hydrogen-bond donors (Lipinski definition) is 1. The van der Waals surface area contributed by atoms with E-state index >= 15 is 0 Å². The van der Waals surface area contributed by atoms with E-state index in [0.29, 0.717) is 25.8 Å². The molecule has 0 bridgehead atoms. The van der Waals surface area contributed by atoms with E-state index in [1.54, 1.807) is 0 Å². The van der Waals surface area contributed by atoms with Crippen LogP contribution in [-0.4, -0.2) is 59.5 Å². The molecule has 0 saturated carbocycles. The average Bonchev–Trinajstić information content (AvgIpc) is 2.49. The van der Waals surface area contributed by atoms with Crippen molar-refractivity contribution in [3.05, 3.63) is 0 Å². The lowest BCUT2D eigenvalue weighted by Gasteiger charge is -2.39. The molecule has 5 nitrogen and oxygen atoms in total. The molecule has 2 heterocycles. The first-order valence-corrected chi connectivity index (χ1v) is 7.81. The molecule has 0 spiro atoms. The molecule has 2 fully saturated rings. The van der Waals surface area contributed by atoms with Gasteiger partial charge >= 0.3 is 5.97 Å². The first kappa shape index (κ1) is 15.3. The Kier molecular flexibility index (Phi) is 5.02. The molecule has 0 unspecified atom stereocenters. The van der Waals surface area contributed by atoms with Crippen molar-refractivity contribution >= 4 is 11.9 Å². The first-order valence-electron chi connectivity index (χ1n) is 7.81. The summed E-state index contributed by atoms with van der Waals surface area (Å²) in [5.74, 6) is -0.467. The van der Waals surface area contributed by atoms with Gasteiger partial charge in [-0.05, 0) is 51.6 Å². The minimum absolute atomic E-state index is 0.212. The molecule has 1 amide bonds. The van der Waals surface area contributed by atoms with E-state index in [4.69, 9.17) is 0 Å². The van der Waals surface area contributed by atoms with E-state index in [9.17, 15) is 14.7 Å². The zero-order valence-corrected chi connectivity index (χ0v) is 12.4. The summed E-state index contributed by atoms with van der Waals surface area (Å²) in [6.45, 7) is 5.63. The third-order valence-corrected chi connectivity index (χ3v) is 5.01. The van der Waals surface area contributed by atoms with Gasteiger partial charge < -0.3 is 10.0 Å². The first-order chi connectivity index (χ1) is 9.57. The summed E-state index contributed by atoms with van der Waals surface area (Å²) in [7, 11) is 0. The zero-order chi connectivity index (χ0) is 14.6. The molecule has 2 rings (SSSR count). The van der Waals surface area contributed by atoms with E-state index in [1.165, 1.54) is 6.42 Å². The largest absolute Gasteiger partial charge is 0.481 e. The predicted molar refractivity (Wildman–Crippen MR) is 76.5 cm³/mol. The summed E-state index contributed by atoms with van der Waals surface area (Å²) < 4.78 is 0. The lowest BCUT2D eigenvalue weighted by atomic mass is 9.76. The Morgan fingerprint density at radius 2 is 1.65 bits per heavy atom. The molecule has 0 radical (unpaired) electrons. The molecule has 0 aromatic heterocycles. The summed E-state index contributed by atoms with van der Waals surface area (Å²) in [5, 5.41) is 9.37. The van der Waals surface area contributed by atoms with Gasteiger partial charge in [-0.15, -0.1) is 0 Å². The summed E-state index contributed by atoms with van der Waals surface area (Å²) in [6.07, 6.45) is 5.45. The van der Waals surface area contributed by atoms with Crippen molar-refractivity contribution < 1.29 is 14.7 Å². The molecule has 0 aromatic carbocycles. The van der Waals surface area contributed by atoms with Crippen molar-refractivity contribution in [2.24, 2.45) is 5.41 Å². The standard InChI is InChI=1S/C15H26N2O3/c1-2-15(14(19)20)6-10-16(11-7-15)12-13(18)17-8-4-3-5-9-17/h2-12H2,1H3,(H,19,20). The Balaban J connectivity index is 1.82. The fourth-order valence-corrected chi connectivity index (χ4v) is 3.29. The van der Waals surface area contributed by atoms with Crippen LogP contribution in [0.25, 0.3) is 0 Å². The number of likely N-dealkylation sites (tertiary alicyclic amines) is 2. The number of carboxylic acids is 1. The van der Waals surface area contributed by atoms with Gasteiger partial charge in [0, 0.05) is 13.1 Å². The number of amides is 1. The van der Waals surface area contributed by atoms with Crippen LogP contribution in [0, 0.1) is 5.41 Å². The van der Waals surface area contributed by atoms with Crippen LogP contribution in [0.5, 0.6) is 0 Å². The molecule has 2 saturated heterocycles. The zero-order valence-electron chi connectivity index (χ0n) is 12.4. The van der Waals surface area contributed by atoms with E-state index in [0.717, 1.165) is 39.0 Å². The maximum Gasteiger partial charge on any atom is 0.309 e. The van der Waals surface area contributed by atoms with E-state index < -0.39 is 11.4 Å². The second-order valence-corrected chi connectivity index (χ2v) is 6.16. The lowest BCUT2D eigenvalue weighted by Crippen LogP contribution is -2.48. The smallest absolute Gasteiger partial charge is 0.309 e. The van der Waals surface area contributed by atoms with Gasteiger partial charge in [0.1, 0.15) is 0 Å². The van der Waals surface area contributed by atoms with Crippen molar-refractivity contribution in [2.75, 3.05) is 32.7 Å². The van der Waals surface area contributed by atoms with Gasteiger partial charge in [0.2, 0.25) is 5.91 Å². The number of carboxylic acid groups (broad SMARTS) is 1. The molecule has 20 heavy (non-hydrogen) atoms. The van der Waals surface area contributed by atoms with Crippen molar-refractivity contribution in [1.82, 2.24) is 9.80 Å². The van der Waals surface area contributed by atoms with E-state index in [-0.39, 0.29) is 5.91 Å². The molecular weight excluding hydrogens is 256 g/mol. The van der Waals surface area contributed by atoms with Gasteiger partial charge in [-0.3, -0.25) is 14.5 Å². The molecule has 2 aliphatic rings. The molecular formula is C15H26N2O3. The second-order valence-electron chi connectivity index (χ2n) is 6.16. The van der Waals surface area contributed by atoms with Crippen molar-refractivity contribution in [3.63, 3.8) is 0 Å². The van der Waals surface area contributed by atoms with Crippen LogP contribution >= 0.6 is 0 Å². The molecule has 2 aliphatic heterocycles. The Hall–Kier alpha value is -1.10. The van der Waals surface area contributed by atoms with Crippen molar-refractivity contribution in [2.45, 2.75) is 45.4 Å². The Bertz CT molecular complexity index is 356. The number of rotatable bonds is 4. The molecule has 0 atom stereocenters. The van der Waals surface area contributed by atoms with Crippen molar-refractivity contribution in [3.8, 4) is 0 Å². The molecule has 1 N–H and O–H groups in total. The molecule has 114 valence electrons. The highest BCUT2D eigenvalue weighted by Crippen LogP contribution is 2.35. The maximum atomic E-state index is 12.2. The fourth-order valence-electron chi connectivity index (χ4n) is 3.29.